The Kier molecular flexibility index (Phi) is 4.66. The molecule has 0 saturated carbocycles. The third-order valence-electron chi connectivity index (χ3n) is 4.57. The van der Waals surface area contributed by atoms with Crippen molar-refractivity contribution in [2.24, 2.45) is 5.92 Å². The van der Waals surface area contributed by atoms with E-state index in [-0.39, 0.29) is 11.8 Å². The van der Waals surface area contributed by atoms with Crippen LogP contribution in [0.3, 0.4) is 0 Å². The lowest BCUT2D eigenvalue weighted by molar-refractivity contribution is -0.125. The molecule has 2 aromatic heterocycles. The van der Waals surface area contributed by atoms with Crippen molar-refractivity contribution >= 4 is 11.6 Å². The highest BCUT2D eigenvalue weighted by molar-refractivity contribution is 5.79. The lowest BCUT2D eigenvalue weighted by atomic mass is 9.89. The molecule has 0 aromatic carbocycles. The van der Waals surface area contributed by atoms with E-state index in [0.717, 1.165) is 50.1 Å². The van der Waals surface area contributed by atoms with Crippen LogP contribution in [0, 0.1) is 12.8 Å². The Balaban J connectivity index is 1.66. The second-order valence-electron chi connectivity index (χ2n) is 6.83. The van der Waals surface area contributed by atoms with Gasteiger partial charge in [-0.1, -0.05) is 6.07 Å². The maximum atomic E-state index is 12.4. The molecule has 1 aliphatic carbocycles. The van der Waals surface area contributed by atoms with E-state index in [0.29, 0.717) is 0 Å². The van der Waals surface area contributed by atoms with Gasteiger partial charge in [-0.3, -0.25) is 4.79 Å². The van der Waals surface area contributed by atoms with Gasteiger partial charge in [0.15, 0.2) is 0 Å². The molecule has 0 spiro atoms. The van der Waals surface area contributed by atoms with Crippen molar-refractivity contribution in [3.8, 4) is 0 Å². The number of carbonyl (C=O) groups excluding carboxylic acids is 1. The number of amides is 1. The number of fused-ring (bicyclic) bond motifs is 3. The average Bonchev–Trinajstić information content (AvgIpc) is 2.88. The molecule has 5 heteroatoms. The van der Waals surface area contributed by atoms with Gasteiger partial charge in [-0.15, -0.1) is 0 Å². The van der Waals surface area contributed by atoms with E-state index < -0.39 is 0 Å². The van der Waals surface area contributed by atoms with Crippen molar-refractivity contribution in [1.29, 1.82) is 0 Å². The predicted octanol–water partition coefficient (Wildman–Crippen LogP) is 1.82. The third-order valence-corrected chi connectivity index (χ3v) is 4.57. The second-order valence-corrected chi connectivity index (χ2v) is 6.83. The van der Waals surface area contributed by atoms with Crippen LogP contribution in [0.4, 0.5) is 0 Å². The molecule has 124 valence electrons. The number of aryl methyl sites for hydroxylation is 2. The van der Waals surface area contributed by atoms with Crippen LogP contribution >= 0.6 is 0 Å². The second kappa shape index (κ2) is 6.71. The van der Waals surface area contributed by atoms with Crippen molar-refractivity contribution in [2.75, 3.05) is 27.2 Å². The van der Waals surface area contributed by atoms with E-state index in [1.165, 1.54) is 11.3 Å². The molecule has 3 rings (SSSR count). The topological polar surface area (TPSA) is 49.6 Å². The molecule has 2 heterocycles. The predicted molar refractivity (Wildman–Crippen MR) is 91.6 cm³/mol. The summed E-state index contributed by atoms with van der Waals surface area (Å²) >= 11 is 0. The van der Waals surface area contributed by atoms with Crippen LogP contribution in [-0.2, 0) is 17.6 Å². The Morgan fingerprint density at radius 2 is 2.26 bits per heavy atom. The molecule has 0 bridgehead atoms. The summed E-state index contributed by atoms with van der Waals surface area (Å²) in [6.07, 6.45) is 5.70. The van der Waals surface area contributed by atoms with Crippen molar-refractivity contribution in [3.63, 3.8) is 0 Å². The van der Waals surface area contributed by atoms with Gasteiger partial charge in [-0.25, -0.2) is 4.98 Å². The Morgan fingerprint density at radius 3 is 3.04 bits per heavy atom. The summed E-state index contributed by atoms with van der Waals surface area (Å²) in [5.41, 5.74) is 4.58. The van der Waals surface area contributed by atoms with Crippen LogP contribution in [0.1, 0.15) is 29.8 Å². The van der Waals surface area contributed by atoms with E-state index in [1.807, 2.05) is 0 Å². The molecule has 0 radical (unpaired) electrons. The number of nitrogens with one attached hydrogen (secondary N) is 1. The van der Waals surface area contributed by atoms with Crippen LogP contribution in [0.15, 0.2) is 18.3 Å². The van der Waals surface area contributed by atoms with Crippen molar-refractivity contribution in [2.45, 2.75) is 32.6 Å². The standard InChI is InChI=1S/C18H26N4O/c1-13-5-8-17-20-15-7-6-14(11-16(15)22(17)12-13)18(23)19-9-4-10-21(2)3/h5,8,12,14H,4,6-7,9-11H2,1-3H3,(H,19,23). The van der Waals surface area contributed by atoms with Gasteiger partial charge in [0.1, 0.15) is 5.65 Å². The fourth-order valence-electron chi connectivity index (χ4n) is 3.29. The number of pyridine rings is 1. The first-order valence-corrected chi connectivity index (χ1v) is 8.43. The number of rotatable bonds is 5. The highest BCUT2D eigenvalue weighted by Crippen LogP contribution is 2.26. The molecule has 1 unspecified atom stereocenters. The molecule has 5 nitrogen and oxygen atoms in total. The normalized spacial score (nSPS) is 17.5. The maximum absolute atomic E-state index is 12.4. The molecule has 1 N–H and O–H groups in total. The lowest BCUT2D eigenvalue weighted by Gasteiger charge is -2.21. The SMILES string of the molecule is Cc1ccc2nc3c(n2c1)CC(C(=O)NCCCN(C)C)CC3. The summed E-state index contributed by atoms with van der Waals surface area (Å²) in [7, 11) is 4.11. The zero-order valence-corrected chi connectivity index (χ0v) is 14.3. The Bertz CT molecular complexity index is 704. The highest BCUT2D eigenvalue weighted by Gasteiger charge is 2.27. The first-order valence-electron chi connectivity index (χ1n) is 8.43. The van der Waals surface area contributed by atoms with Gasteiger partial charge in [0.05, 0.1) is 5.69 Å². The minimum absolute atomic E-state index is 0.0715. The third kappa shape index (κ3) is 3.55. The van der Waals surface area contributed by atoms with Crippen LogP contribution in [0.5, 0.6) is 0 Å². The van der Waals surface area contributed by atoms with Gasteiger partial charge in [0.25, 0.3) is 0 Å². The molecule has 23 heavy (non-hydrogen) atoms. The quantitative estimate of drug-likeness (QED) is 0.857. The molecule has 1 aliphatic rings. The average molecular weight is 314 g/mol. The minimum atomic E-state index is 0.0715. The van der Waals surface area contributed by atoms with Gasteiger partial charge < -0.3 is 14.6 Å². The van der Waals surface area contributed by atoms with E-state index >= 15 is 0 Å². The van der Waals surface area contributed by atoms with E-state index in [9.17, 15) is 4.79 Å². The maximum Gasteiger partial charge on any atom is 0.223 e. The minimum Gasteiger partial charge on any atom is -0.356 e. The van der Waals surface area contributed by atoms with Crippen molar-refractivity contribution in [3.05, 3.63) is 35.3 Å². The fourth-order valence-corrected chi connectivity index (χ4v) is 3.29. The van der Waals surface area contributed by atoms with Gasteiger partial charge >= 0.3 is 0 Å². The van der Waals surface area contributed by atoms with E-state index in [1.54, 1.807) is 0 Å². The summed E-state index contributed by atoms with van der Waals surface area (Å²) in [6, 6.07) is 4.15. The zero-order chi connectivity index (χ0) is 16.4. The molecular weight excluding hydrogens is 288 g/mol. The largest absolute Gasteiger partial charge is 0.356 e. The summed E-state index contributed by atoms with van der Waals surface area (Å²) in [5, 5.41) is 3.09. The highest BCUT2D eigenvalue weighted by atomic mass is 16.1. The number of hydrogen-bond acceptors (Lipinski definition) is 3. The summed E-state index contributed by atoms with van der Waals surface area (Å²) in [5.74, 6) is 0.263. The number of imidazole rings is 1. The van der Waals surface area contributed by atoms with Crippen molar-refractivity contribution in [1.82, 2.24) is 19.6 Å². The first kappa shape index (κ1) is 16.0. The van der Waals surface area contributed by atoms with Crippen LogP contribution in [0.25, 0.3) is 5.65 Å². The number of nitrogens with zero attached hydrogens (tertiary/aromatic N) is 3. The zero-order valence-electron chi connectivity index (χ0n) is 14.3. The summed E-state index contributed by atoms with van der Waals surface area (Å²) in [4.78, 5) is 19.3. The fraction of sp³-hybridized carbons (Fsp3) is 0.556. The number of aromatic nitrogens is 2. The van der Waals surface area contributed by atoms with Gasteiger partial charge in [-0.2, -0.15) is 0 Å². The Labute approximate surface area is 137 Å². The molecule has 0 saturated heterocycles. The Hall–Kier alpha value is -1.88. The van der Waals surface area contributed by atoms with Crippen LogP contribution < -0.4 is 5.32 Å². The lowest BCUT2D eigenvalue weighted by Crippen LogP contribution is -2.35. The van der Waals surface area contributed by atoms with Gasteiger partial charge in [0.2, 0.25) is 5.91 Å². The monoisotopic (exact) mass is 314 g/mol. The molecule has 1 amide bonds. The summed E-state index contributed by atoms with van der Waals surface area (Å²) in [6.45, 7) is 3.85. The van der Waals surface area contributed by atoms with Crippen LogP contribution in [0.2, 0.25) is 0 Å². The van der Waals surface area contributed by atoms with Crippen molar-refractivity contribution < 1.29 is 4.79 Å². The van der Waals surface area contributed by atoms with Crippen LogP contribution in [-0.4, -0.2) is 47.4 Å². The van der Waals surface area contributed by atoms with Gasteiger partial charge in [-0.05, 0) is 58.5 Å². The summed E-state index contributed by atoms with van der Waals surface area (Å²) < 4.78 is 2.16. The van der Waals surface area contributed by atoms with E-state index in [4.69, 9.17) is 4.98 Å². The molecule has 1 atom stereocenters. The Morgan fingerprint density at radius 1 is 1.43 bits per heavy atom. The molecule has 0 fully saturated rings. The van der Waals surface area contributed by atoms with Gasteiger partial charge in [0, 0.05) is 30.8 Å². The molecule has 0 aliphatic heterocycles. The van der Waals surface area contributed by atoms with E-state index in [2.05, 4.69) is 54.0 Å². The number of carbonyl (C=O) groups is 1. The molecule has 2 aromatic rings. The molecular formula is C18H26N4O. The smallest absolute Gasteiger partial charge is 0.223 e. The first-order chi connectivity index (χ1) is 11.0. The number of hydrogen-bond donors (Lipinski definition) is 1.